The van der Waals surface area contributed by atoms with Crippen LogP contribution in [0, 0.1) is 0 Å². The molecule has 0 saturated carbocycles. The monoisotopic (exact) mass is 317 g/mol. The van der Waals surface area contributed by atoms with Crippen molar-refractivity contribution < 1.29 is 14.4 Å². The first-order valence-electron chi connectivity index (χ1n) is 5.39. The first-order valence-corrected chi connectivity index (χ1v) is 7.03. The number of hydrogen-bond acceptors (Lipinski definition) is 4. The molecule has 2 rings (SSSR count). The summed E-state index contributed by atoms with van der Waals surface area (Å²) >= 11 is 12.5. The van der Waals surface area contributed by atoms with Crippen molar-refractivity contribution >= 4 is 57.6 Å². The number of nitrogens with zero attached hydrogens (tertiary/aromatic N) is 1. The van der Waals surface area contributed by atoms with E-state index in [2.05, 4.69) is 0 Å². The second-order valence-corrected chi connectivity index (χ2v) is 6.16. The predicted octanol–water partition coefficient (Wildman–Crippen LogP) is 2.91. The molecule has 0 radical (unpaired) electrons. The van der Waals surface area contributed by atoms with Crippen LogP contribution in [0.4, 0.5) is 5.69 Å². The minimum absolute atomic E-state index is 0.0172. The van der Waals surface area contributed by atoms with Crippen LogP contribution in [0.25, 0.3) is 0 Å². The molecule has 1 unspecified atom stereocenters. The largest absolute Gasteiger partial charge is 0.288 e. The summed E-state index contributed by atoms with van der Waals surface area (Å²) in [6.45, 7) is 1.37. The van der Waals surface area contributed by atoms with Gasteiger partial charge in [0.05, 0.1) is 15.7 Å². The summed E-state index contributed by atoms with van der Waals surface area (Å²) in [4.78, 5) is 36.1. The number of halogens is 2. The van der Waals surface area contributed by atoms with Crippen LogP contribution in [-0.4, -0.2) is 22.2 Å². The Morgan fingerprint density at radius 1 is 1.32 bits per heavy atom. The van der Waals surface area contributed by atoms with Crippen molar-refractivity contribution in [2.75, 3.05) is 4.90 Å². The van der Waals surface area contributed by atoms with Gasteiger partial charge in [-0.1, -0.05) is 35.0 Å². The molecule has 1 heterocycles. The smallest absolute Gasteiger partial charge is 0.247 e. The van der Waals surface area contributed by atoms with Crippen LogP contribution >= 0.6 is 35.0 Å². The van der Waals surface area contributed by atoms with Gasteiger partial charge in [-0.2, -0.15) is 0 Å². The third kappa shape index (κ3) is 2.94. The average Bonchev–Trinajstić information content (AvgIpc) is 2.58. The van der Waals surface area contributed by atoms with Crippen molar-refractivity contribution in [1.82, 2.24) is 0 Å². The summed E-state index contributed by atoms with van der Waals surface area (Å²) in [5, 5.41) is -0.233. The molecule has 1 fully saturated rings. The molecule has 0 spiro atoms. The lowest BCUT2D eigenvalue weighted by atomic mass is 10.3. The van der Waals surface area contributed by atoms with Gasteiger partial charge >= 0.3 is 0 Å². The van der Waals surface area contributed by atoms with Gasteiger partial charge in [0.1, 0.15) is 5.25 Å². The van der Waals surface area contributed by atoms with Crippen LogP contribution in [-0.2, 0) is 14.4 Å². The fraction of sp³-hybridized carbons (Fsp3) is 0.250. The van der Waals surface area contributed by atoms with E-state index in [0.717, 1.165) is 16.7 Å². The molecule has 0 aliphatic carbocycles. The SMILES string of the molecule is CC(=O)SC1CC(=O)N(c2ccc(Cl)c(Cl)c2)C1=O. The fourth-order valence-corrected chi connectivity index (χ4v) is 2.92. The van der Waals surface area contributed by atoms with Crippen molar-refractivity contribution in [3.63, 3.8) is 0 Å². The van der Waals surface area contributed by atoms with Gasteiger partial charge in [0, 0.05) is 13.3 Å². The zero-order valence-corrected chi connectivity index (χ0v) is 12.2. The van der Waals surface area contributed by atoms with Gasteiger partial charge in [-0.25, -0.2) is 4.90 Å². The highest BCUT2D eigenvalue weighted by Gasteiger charge is 2.40. The van der Waals surface area contributed by atoms with E-state index in [1.54, 1.807) is 6.07 Å². The first-order chi connectivity index (χ1) is 8.90. The van der Waals surface area contributed by atoms with Crippen LogP contribution < -0.4 is 4.90 Å². The highest BCUT2D eigenvalue weighted by Crippen LogP contribution is 2.33. The maximum absolute atomic E-state index is 12.1. The van der Waals surface area contributed by atoms with E-state index in [0.29, 0.717) is 10.7 Å². The van der Waals surface area contributed by atoms with E-state index in [9.17, 15) is 14.4 Å². The summed E-state index contributed by atoms with van der Waals surface area (Å²) in [7, 11) is 0. The molecule has 1 atom stereocenters. The van der Waals surface area contributed by atoms with Crippen molar-refractivity contribution in [3.8, 4) is 0 Å². The summed E-state index contributed by atoms with van der Waals surface area (Å²) < 4.78 is 0. The molecule has 1 aliphatic heterocycles. The van der Waals surface area contributed by atoms with E-state index in [-0.39, 0.29) is 22.5 Å². The number of imide groups is 1. The number of amides is 2. The molecular weight excluding hydrogens is 309 g/mol. The van der Waals surface area contributed by atoms with E-state index in [1.165, 1.54) is 19.1 Å². The summed E-state index contributed by atoms with van der Waals surface area (Å²) in [6.07, 6.45) is 0.0172. The number of thioether (sulfide) groups is 1. The van der Waals surface area contributed by atoms with Crippen LogP contribution in [0.1, 0.15) is 13.3 Å². The van der Waals surface area contributed by atoms with Crippen molar-refractivity contribution in [3.05, 3.63) is 28.2 Å². The van der Waals surface area contributed by atoms with Crippen LogP contribution in [0.2, 0.25) is 10.0 Å². The van der Waals surface area contributed by atoms with Gasteiger partial charge in [-0.15, -0.1) is 0 Å². The fourth-order valence-electron chi connectivity index (χ4n) is 1.79. The van der Waals surface area contributed by atoms with E-state index in [4.69, 9.17) is 23.2 Å². The number of benzene rings is 1. The third-order valence-corrected chi connectivity index (χ3v) is 4.30. The van der Waals surface area contributed by atoms with Gasteiger partial charge in [-0.05, 0) is 18.2 Å². The van der Waals surface area contributed by atoms with Gasteiger partial charge in [0.2, 0.25) is 11.8 Å². The van der Waals surface area contributed by atoms with Gasteiger partial charge < -0.3 is 0 Å². The average molecular weight is 318 g/mol. The van der Waals surface area contributed by atoms with Crippen LogP contribution in [0.15, 0.2) is 18.2 Å². The Kier molecular flexibility index (Phi) is 4.18. The number of anilines is 1. The maximum atomic E-state index is 12.1. The lowest BCUT2D eigenvalue weighted by Crippen LogP contribution is -2.31. The molecule has 1 aliphatic rings. The molecule has 1 aromatic rings. The summed E-state index contributed by atoms with van der Waals surface area (Å²) in [5.41, 5.74) is 0.371. The van der Waals surface area contributed by atoms with Crippen LogP contribution in [0.5, 0.6) is 0 Å². The number of carbonyl (C=O) groups is 3. The number of hydrogen-bond donors (Lipinski definition) is 0. The lowest BCUT2D eigenvalue weighted by Gasteiger charge is -2.15. The molecule has 100 valence electrons. The Balaban J connectivity index is 2.29. The van der Waals surface area contributed by atoms with E-state index in [1.807, 2.05) is 0 Å². The minimum Gasteiger partial charge on any atom is -0.288 e. The molecule has 4 nitrogen and oxygen atoms in total. The molecule has 19 heavy (non-hydrogen) atoms. The Morgan fingerprint density at radius 2 is 2.00 bits per heavy atom. The zero-order valence-electron chi connectivity index (χ0n) is 9.85. The van der Waals surface area contributed by atoms with E-state index >= 15 is 0 Å². The van der Waals surface area contributed by atoms with Gasteiger partial charge in [0.15, 0.2) is 5.12 Å². The third-order valence-electron chi connectivity index (χ3n) is 2.57. The zero-order chi connectivity index (χ0) is 14.2. The van der Waals surface area contributed by atoms with Gasteiger partial charge in [0.25, 0.3) is 0 Å². The standard InChI is InChI=1S/C12H9Cl2NO3S/c1-6(16)19-10-5-11(17)15(12(10)18)7-2-3-8(13)9(14)4-7/h2-4,10H,5H2,1H3. The van der Waals surface area contributed by atoms with Crippen molar-refractivity contribution in [1.29, 1.82) is 0 Å². The Hall–Kier alpha value is -1.04. The Bertz CT molecular complexity index is 576. The predicted molar refractivity (Wildman–Crippen MR) is 75.6 cm³/mol. The molecule has 0 bridgehead atoms. The lowest BCUT2D eigenvalue weighted by molar-refractivity contribution is -0.121. The maximum Gasteiger partial charge on any atom is 0.247 e. The summed E-state index contributed by atoms with van der Waals surface area (Å²) in [5.74, 6) is -0.745. The highest BCUT2D eigenvalue weighted by molar-refractivity contribution is 8.14. The number of carbonyl (C=O) groups excluding carboxylic acids is 3. The molecule has 1 aromatic carbocycles. The number of rotatable bonds is 2. The van der Waals surface area contributed by atoms with Gasteiger partial charge in [-0.3, -0.25) is 14.4 Å². The second-order valence-electron chi connectivity index (χ2n) is 3.97. The van der Waals surface area contributed by atoms with Crippen molar-refractivity contribution in [2.45, 2.75) is 18.6 Å². The summed E-state index contributed by atoms with van der Waals surface area (Å²) in [6, 6.07) is 4.52. The minimum atomic E-state index is -0.653. The molecule has 2 amide bonds. The molecule has 1 saturated heterocycles. The highest BCUT2D eigenvalue weighted by atomic mass is 35.5. The first kappa shape index (κ1) is 14.4. The quantitative estimate of drug-likeness (QED) is 0.787. The normalized spacial score (nSPS) is 19.1. The van der Waals surface area contributed by atoms with E-state index < -0.39 is 11.2 Å². The van der Waals surface area contributed by atoms with Crippen LogP contribution in [0.3, 0.4) is 0 Å². The molecule has 0 N–H and O–H groups in total. The topological polar surface area (TPSA) is 54.5 Å². The Labute approximate surface area is 124 Å². The molecule has 0 aromatic heterocycles. The second kappa shape index (κ2) is 5.53. The van der Waals surface area contributed by atoms with Crippen molar-refractivity contribution in [2.24, 2.45) is 0 Å². The Morgan fingerprint density at radius 3 is 2.58 bits per heavy atom. The molecule has 7 heteroatoms. The molecular formula is C12H9Cl2NO3S.